The largest absolute Gasteiger partial charge is 0.369 e. The number of piperidine rings is 1. The van der Waals surface area contributed by atoms with Crippen LogP contribution in [0.2, 0.25) is 5.02 Å². The van der Waals surface area contributed by atoms with E-state index in [0.717, 1.165) is 0 Å². The normalized spacial score (nSPS) is 15.5. The Kier molecular flexibility index (Phi) is 7.82. The van der Waals surface area contributed by atoms with E-state index in [-0.39, 0.29) is 29.2 Å². The molecule has 0 aliphatic carbocycles. The maximum atomic E-state index is 13.6. The van der Waals surface area contributed by atoms with Gasteiger partial charge >= 0.3 is 0 Å². The number of amides is 2. The Balaban J connectivity index is 1.73. The van der Waals surface area contributed by atoms with Crippen LogP contribution in [0.15, 0.2) is 58.5 Å². The van der Waals surface area contributed by atoms with E-state index in [1.165, 1.54) is 11.8 Å². The fraction of sp³-hybridized carbons (Fsp3) is 0.385. The molecule has 0 saturated carbocycles. The summed E-state index contributed by atoms with van der Waals surface area (Å²) in [6.45, 7) is 5.12. The van der Waals surface area contributed by atoms with Crippen molar-refractivity contribution in [1.29, 1.82) is 0 Å². The monoisotopic (exact) mass is 512 g/mol. The molecule has 1 unspecified atom stereocenters. The van der Waals surface area contributed by atoms with Crippen LogP contribution in [0, 0.1) is 11.8 Å². The Labute approximate surface area is 213 Å². The van der Waals surface area contributed by atoms with Crippen molar-refractivity contribution in [2.24, 2.45) is 17.6 Å². The third-order valence-corrected chi connectivity index (χ3v) is 7.63. The molecular formula is C26H29ClN4O3S. The van der Waals surface area contributed by atoms with Gasteiger partial charge in [-0.1, -0.05) is 55.4 Å². The van der Waals surface area contributed by atoms with E-state index < -0.39 is 5.25 Å². The van der Waals surface area contributed by atoms with Crippen molar-refractivity contribution >= 4 is 46.1 Å². The lowest BCUT2D eigenvalue weighted by atomic mass is 9.95. The summed E-state index contributed by atoms with van der Waals surface area (Å²) in [6, 6.07) is 14.3. The second-order valence-corrected chi connectivity index (χ2v) is 10.9. The number of nitrogens with two attached hydrogens (primary N) is 1. The molecule has 2 N–H and O–H groups in total. The SMILES string of the molecule is CC(C)CC(Sc1nc2ccccc2c(=O)n1-c1cccc(Cl)c1)C(=O)N1CCC(C(N)=O)CC1. The van der Waals surface area contributed by atoms with Crippen molar-refractivity contribution in [3.05, 3.63) is 63.9 Å². The van der Waals surface area contributed by atoms with Gasteiger partial charge < -0.3 is 10.6 Å². The lowest BCUT2D eigenvalue weighted by Crippen LogP contribution is -2.45. The standard InChI is InChI=1S/C26H29ClN4O3S/c1-16(2)14-22(25(34)30-12-10-17(11-13-30)23(28)32)35-26-29-21-9-4-3-8-20(21)24(33)31(26)19-7-5-6-18(27)15-19/h3-9,15-17,22H,10-14H2,1-2H3,(H2,28,32). The number of hydrogen-bond donors (Lipinski definition) is 1. The van der Waals surface area contributed by atoms with Gasteiger partial charge in [0.25, 0.3) is 5.56 Å². The number of rotatable bonds is 7. The zero-order chi connectivity index (χ0) is 25.1. The Bertz CT molecular complexity index is 1300. The van der Waals surface area contributed by atoms with E-state index in [0.29, 0.717) is 59.1 Å². The number of hydrogen-bond acceptors (Lipinski definition) is 5. The lowest BCUT2D eigenvalue weighted by molar-refractivity contribution is -0.134. The molecule has 1 saturated heterocycles. The average molecular weight is 513 g/mol. The molecule has 1 atom stereocenters. The molecule has 2 amide bonds. The summed E-state index contributed by atoms with van der Waals surface area (Å²) in [4.78, 5) is 45.3. The number of fused-ring (bicyclic) bond motifs is 1. The Morgan fingerprint density at radius 3 is 2.51 bits per heavy atom. The molecule has 0 bridgehead atoms. The first kappa shape index (κ1) is 25.3. The molecule has 184 valence electrons. The minimum absolute atomic E-state index is 0.00771. The highest BCUT2D eigenvalue weighted by Gasteiger charge is 2.32. The molecule has 0 radical (unpaired) electrons. The van der Waals surface area contributed by atoms with Crippen LogP contribution in [0.5, 0.6) is 0 Å². The molecule has 2 aromatic carbocycles. The molecule has 2 heterocycles. The molecule has 1 aromatic heterocycles. The van der Waals surface area contributed by atoms with Crippen molar-refractivity contribution in [2.45, 2.75) is 43.5 Å². The minimum atomic E-state index is -0.432. The van der Waals surface area contributed by atoms with Crippen LogP contribution in [-0.2, 0) is 9.59 Å². The molecule has 1 aliphatic heterocycles. The smallest absolute Gasteiger partial charge is 0.266 e. The maximum Gasteiger partial charge on any atom is 0.266 e. The third-order valence-electron chi connectivity index (χ3n) is 6.23. The summed E-state index contributed by atoms with van der Waals surface area (Å²) in [5, 5.41) is 1.02. The zero-order valence-electron chi connectivity index (χ0n) is 19.8. The number of carbonyl (C=O) groups is 2. The van der Waals surface area contributed by atoms with Gasteiger partial charge in [0.2, 0.25) is 11.8 Å². The van der Waals surface area contributed by atoms with Gasteiger partial charge in [-0.2, -0.15) is 0 Å². The highest BCUT2D eigenvalue weighted by atomic mass is 35.5. The number of thioether (sulfide) groups is 1. The van der Waals surface area contributed by atoms with E-state index in [1.54, 1.807) is 41.0 Å². The maximum absolute atomic E-state index is 13.6. The summed E-state index contributed by atoms with van der Waals surface area (Å²) >= 11 is 7.55. The van der Waals surface area contributed by atoms with E-state index in [1.807, 2.05) is 17.0 Å². The van der Waals surface area contributed by atoms with Crippen LogP contribution in [0.4, 0.5) is 0 Å². The van der Waals surface area contributed by atoms with E-state index in [4.69, 9.17) is 22.3 Å². The van der Waals surface area contributed by atoms with Gasteiger partial charge in [0, 0.05) is 24.0 Å². The van der Waals surface area contributed by atoms with E-state index in [2.05, 4.69) is 13.8 Å². The number of benzene rings is 2. The van der Waals surface area contributed by atoms with Gasteiger partial charge in [-0.3, -0.25) is 19.0 Å². The van der Waals surface area contributed by atoms with Gasteiger partial charge in [-0.25, -0.2) is 4.98 Å². The molecular weight excluding hydrogens is 484 g/mol. The Morgan fingerprint density at radius 1 is 1.14 bits per heavy atom. The number of likely N-dealkylation sites (tertiary alicyclic amines) is 1. The van der Waals surface area contributed by atoms with Crippen molar-refractivity contribution in [3.8, 4) is 5.69 Å². The fourth-order valence-electron chi connectivity index (χ4n) is 4.38. The average Bonchev–Trinajstić information content (AvgIpc) is 2.83. The summed E-state index contributed by atoms with van der Waals surface area (Å²) in [5.74, 6) is -0.250. The third kappa shape index (κ3) is 5.70. The van der Waals surface area contributed by atoms with Crippen LogP contribution in [0.1, 0.15) is 33.1 Å². The number of para-hydroxylation sites is 1. The van der Waals surface area contributed by atoms with Crippen LogP contribution in [0.3, 0.4) is 0 Å². The van der Waals surface area contributed by atoms with Crippen LogP contribution in [-0.4, -0.2) is 44.6 Å². The van der Waals surface area contributed by atoms with Gasteiger partial charge in [0.15, 0.2) is 5.16 Å². The summed E-state index contributed by atoms with van der Waals surface area (Å²) in [7, 11) is 0. The highest BCUT2D eigenvalue weighted by molar-refractivity contribution is 8.00. The molecule has 1 fully saturated rings. The number of aromatic nitrogens is 2. The first-order valence-electron chi connectivity index (χ1n) is 11.8. The predicted molar refractivity (Wildman–Crippen MR) is 140 cm³/mol. The predicted octanol–water partition coefficient (Wildman–Crippen LogP) is 4.27. The topological polar surface area (TPSA) is 98.3 Å². The Morgan fingerprint density at radius 2 is 1.86 bits per heavy atom. The number of nitrogens with zero attached hydrogens (tertiary/aromatic N) is 3. The van der Waals surface area contributed by atoms with Crippen LogP contribution >= 0.6 is 23.4 Å². The summed E-state index contributed by atoms with van der Waals surface area (Å²) < 4.78 is 1.54. The summed E-state index contributed by atoms with van der Waals surface area (Å²) in [5.41, 5.74) is 6.43. The van der Waals surface area contributed by atoms with E-state index >= 15 is 0 Å². The van der Waals surface area contributed by atoms with E-state index in [9.17, 15) is 14.4 Å². The molecule has 1 aliphatic rings. The Hall–Kier alpha value is -2.84. The first-order valence-corrected chi connectivity index (χ1v) is 13.0. The number of carbonyl (C=O) groups excluding carboxylic acids is 2. The van der Waals surface area contributed by atoms with Gasteiger partial charge in [-0.15, -0.1) is 0 Å². The van der Waals surface area contributed by atoms with Crippen LogP contribution < -0.4 is 11.3 Å². The molecule has 3 aromatic rings. The van der Waals surface area contributed by atoms with Gasteiger partial charge in [0.1, 0.15) is 0 Å². The van der Waals surface area contributed by atoms with Crippen molar-refractivity contribution in [3.63, 3.8) is 0 Å². The second kappa shape index (κ2) is 10.8. The van der Waals surface area contributed by atoms with Crippen LogP contribution in [0.25, 0.3) is 16.6 Å². The van der Waals surface area contributed by atoms with Gasteiger partial charge in [-0.05, 0) is 55.5 Å². The van der Waals surface area contributed by atoms with Crippen molar-refractivity contribution in [2.75, 3.05) is 13.1 Å². The quantitative estimate of drug-likeness (QED) is 0.376. The van der Waals surface area contributed by atoms with Gasteiger partial charge in [0.05, 0.1) is 21.8 Å². The summed E-state index contributed by atoms with van der Waals surface area (Å²) in [6.07, 6.45) is 1.76. The van der Waals surface area contributed by atoms with Crippen molar-refractivity contribution in [1.82, 2.24) is 14.5 Å². The second-order valence-electron chi connectivity index (χ2n) is 9.27. The van der Waals surface area contributed by atoms with Crippen molar-refractivity contribution < 1.29 is 9.59 Å². The minimum Gasteiger partial charge on any atom is -0.369 e. The molecule has 0 spiro atoms. The number of halogens is 1. The highest BCUT2D eigenvalue weighted by Crippen LogP contribution is 2.31. The zero-order valence-corrected chi connectivity index (χ0v) is 21.4. The first-order chi connectivity index (χ1) is 16.7. The molecule has 7 nitrogen and oxygen atoms in total. The molecule has 9 heteroatoms. The fourth-order valence-corrected chi connectivity index (χ4v) is 5.99. The number of primary amides is 1. The molecule has 4 rings (SSSR count). The molecule has 35 heavy (non-hydrogen) atoms. The lowest BCUT2D eigenvalue weighted by Gasteiger charge is -2.33.